The van der Waals surface area contributed by atoms with Crippen molar-refractivity contribution in [3.8, 4) is 11.4 Å². The van der Waals surface area contributed by atoms with Crippen LogP contribution < -0.4 is 0 Å². The van der Waals surface area contributed by atoms with E-state index >= 15 is 0 Å². The minimum absolute atomic E-state index is 0.888. The molecule has 0 aliphatic rings. The molecule has 2 heterocycles. The van der Waals surface area contributed by atoms with Gasteiger partial charge in [-0.05, 0) is 36.4 Å². The lowest BCUT2D eigenvalue weighted by Crippen LogP contribution is -2.05. The van der Waals surface area contributed by atoms with Crippen molar-refractivity contribution in [1.29, 1.82) is 0 Å². The molecule has 4 nitrogen and oxygen atoms in total. The van der Waals surface area contributed by atoms with Gasteiger partial charge in [0.25, 0.3) is 0 Å². The summed E-state index contributed by atoms with van der Waals surface area (Å²) < 4.78 is 2.30. The predicted molar refractivity (Wildman–Crippen MR) is 113 cm³/mol. The molecule has 2 aromatic heterocycles. The van der Waals surface area contributed by atoms with Crippen molar-refractivity contribution in [3.05, 3.63) is 97.1 Å². The lowest BCUT2D eigenvalue weighted by atomic mass is 10.2. The van der Waals surface area contributed by atoms with Crippen LogP contribution in [0, 0.1) is 0 Å². The number of benzene rings is 4. The maximum atomic E-state index is 4.71. The molecular weight excluding hydrogens is 344 g/mol. The van der Waals surface area contributed by atoms with Crippen LogP contribution in [0.3, 0.4) is 0 Å². The standard InChI is InChI=1S/C24H16N4/c1-5-13-21-17(9-1)18-10-2-6-14-22(18)27(21)23-15-7-8-16-24(23)28-25-19-11-3-4-12-20(19)26-28/h1-16H. The van der Waals surface area contributed by atoms with E-state index in [9.17, 15) is 0 Å². The maximum Gasteiger partial charge on any atom is 0.113 e. The summed E-state index contributed by atoms with van der Waals surface area (Å²) in [5, 5.41) is 11.9. The zero-order valence-corrected chi connectivity index (χ0v) is 15.0. The number of hydrogen-bond donors (Lipinski definition) is 0. The minimum atomic E-state index is 0.888. The fourth-order valence-corrected chi connectivity index (χ4v) is 3.97. The molecule has 0 bridgehead atoms. The predicted octanol–water partition coefficient (Wildman–Crippen LogP) is 5.52. The molecule has 0 amide bonds. The summed E-state index contributed by atoms with van der Waals surface area (Å²) in [5.41, 5.74) is 6.13. The summed E-state index contributed by atoms with van der Waals surface area (Å²) in [6.07, 6.45) is 0. The van der Waals surface area contributed by atoms with E-state index in [-0.39, 0.29) is 0 Å². The highest BCUT2D eigenvalue weighted by atomic mass is 15.5. The molecule has 0 N–H and O–H groups in total. The highest BCUT2D eigenvalue weighted by Gasteiger charge is 2.16. The van der Waals surface area contributed by atoms with Gasteiger partial charge in [0.15, 0.2) is 0 Å². The smallest absolute Gasteiger partial charge is 0.113 e. The van der Waals surface area contributed by atoms with E-state index in [0.29, 0.717) is 0 Å². The molecule has 6 rings (SSSR count). The zero-order valence-electron chi connectivity index (χ0n) is 15.0. The van der Waals surface area contributed by atoms with E-state index < -0.39 is 0 Å². The van der Waals surface area contributed by atoms with Gasteiger partial charge in [0, 0.05) is 10.8 Å². The van der Waals surface area contributed by atoms with Crippen LogP contribution in [-0.2, 0) is 0 Å². The largest absolute Gasteiger partial charge is 0.307 e. The van der Waals surface area contributed by atoms with Crippen molar-refractivity contribution in [2.75, 3.05) is 0 Å². The van der Waals surface area contributed by atoms with Gasteiger partial charge in [-0.3, -0.25) is 0 Å². The molecular formula is C24H16N4. The summed E-state index contributed by atoms with van der Waals surface area (Å²) in [6.45, 7) is 0. The Morgan fingerprint density at radius 3 is 1.54 bits per heavy atom. The average molecular weight is 360 g/mol. The summed E-state index contributed by atoms with van der Waals surface area (Å²) in [6, 6.07) is 33.3. The van der Waals surface area contributed by atoms with Crippen molar-refractivity contribution < 1.29 is 0 Å². The number of para-hydroxylation sites is 4. The van der Waals surface area contributed by atoms with Crippen LogP contribution in [0.4, 0.5) is 0 Å². The molecule has 0 unspecified atom stereocenters. The van der Waals surface area contributed by atoms with E-state index in [0.717, 1.165) is 22.4 Å². The Bertz CT molecular complexity index is 1390. The van der Waals surface area contributed by atoms with Crippen LogP contribution in [0.25, 0.3) is 44.2 Å². The number of rotatable bonds is 2. The molecule has 132 valence electrons. The molecule has 4 aromatic carbocycles. The topological polar surface area (TPSA) is 35.6 Å². The van der Waals surface area contributed by atoms with E-state index in [2.05, 4.69) is 71.3 Å². The third-order valence-corrected chi connectivity index (χ3v) is 5.20. The van der Waals surface area contributed by atoms with Crippen LogP contribution in [-0.4, -0.2) is 19.6 Å². The van der Waals surface area contributed by atoms with Gasteiger partial charge in [-0.25, -0.2) is 0 Å². The summed E-state index contributed by atoms with van der Waals surface area (Å²) >= 11 is 0. The zero-order chi connectivity index (χ0) is 18.5. The molecule has 0 fully saturated rings. The Balaban J connectivity index is 1.71. The monoisotopic (exact) mass is 360 g/mol. The van der Waals surface area contributed by atoms with Crippen LogP contribution in [0.5, 0.6) is 0 Å². The fraction of sp³-hybridized carbons (Fsp3) is 0. The van der Waals surface area contributed by atoms with Gasteiger partial charge in [-0.1, -0.05) is 60.7 Å². The molecule has 0 saturated carbocycles. The Kier molecular flexibility index (Phi) is 3.14. The molecule has 0 atom stereocenters. The van der Waals surface area contributed by atoms with E-state index in [1.165, 1.54) is 21.8 Å². The first-order valence-corrected chi connectivity index (χ1v) is 9.30. The highest BCUT2D eigenvalue weighted by molar-refractivity contribution is 6.09. The van der Waals surface area contributed by atoms with Gasteiger partial charge in [-0.2, -0.15) is 0 Å². The van der Waals surface area contributed by atoms with Crippen molar-refractivity contribution in [2.45, 2.75) is 0 Å². The molecule has 28 heavy (non-hydrogen) atoms. The lowest BCUT2D eigenvalue weighted by molar-refractivity contribution is 0.760. The lowest BCUT2D eigenvalue weighted by Gasteiger charge is -2.12. The molecule has 6 aromatic rings. The molecule has 4 heteroatoms. The third kappa shape index (κ3) is 2.12. The van der Waals surface area contributed by atoms with Crippen LogP contribution in [0.15, 0.2) is 97.1 Å². The normalized spacial score (nSPS) is 11.6. The first kappa shape index (κ1) is 15.2. The van der Waals surface area contributed by atoms with Gasteiger partial charge in [0.1, 0.15) is 16.7 Å². The Hall–Kier alpha value is -3.92. The summed E-state index contributed by atoms with van der Waals surface area (Å²) in [5.74, 6) is 0. The van der Waals surface area contributed by atoms with E-state index in [1.54, 1.807) is 4.80 Å². The number of fused-ring (bicyclic) bond motifs is 4. The van der Waals surface area contributed by atoms with Gasteiger partial charge < -0.3 is 4.57 Å². The number of hydrogen-bond acceptors (Lipinski definition) is 2. The quantitative estimate of drug-likeness (QED) is 0.408. The second-order valence-corrected chi connectivity index (χ2v) is 6.84. The highest BCUT2D eigenvalue weighted by Crippen LogP contribution is 2.33. The minimum Gasteiger partial charge on any atom is -0.307 e. The Morgan fingerprint density at radius 1 is 0.464 bits per heavy atom. The molecule has 0 radical (unpaired) electrons. The molecule has 0 aliphatic carbocycles. The number of aromatic nitrogens is 4. The van der Waals surface area contributed by atoms with E-state index in [4.69, 9.17) is 10.2 Å². The van der Waals surface area contributed by atoms with Crippen molar-refractivity contribution >= 4 is 32.8 Å². The van der Waals surface area contributed by atoms with Gasteiger partial charge >= 0.3 is 0 Å². The maximum absolute atomic E-state index is 4.71. The third-order valence-electron chi connectivity index (χ3n) is 5.20. The summed E-state index contributed by atoms with van der Waals surface area (Å²) in [4.78, 5) is 1.74. The van der Waals surface area contributed by atoms with Crippen molar-refractivity contribution in [3.63, 3.8) is 0 Å². The van der Waals surface area contributed by atoms with E-state index in [1.807, 2.05) is 30.3 Å². The second-order valence-electron chi connectivity index (χ2n) is 6.84. The Labute approximate surface area is 161 Å². The van der Waals surface area contributed by atoms with Crippen molar-refractivity contribution in [1.82, 2.24) is 19.6 Å². The second kappa shape index (κ2) is 5.79. The fourth-order valence-electron chi connectivity index (χ4n) is 3.97. The van der Waals surface area contributed by atoms with Crippen LogP contribution in [0.2, 0.25) is 0 Å². The van der Waals surface area contributed by atoms with Gasteiger partial charge in [-0.15, -0.1) is 15.0 Å². The van der Waals surface area contributed by atoms with Gasteiger partial charge in [0.05, 0.1) is 16.7 Å². The van der Waals surface area contributed by atoms with Crippen LogP contribution in [0.1, 0.15) is 0 Å². The SMILES string of the molecule is c1ccc(-n2c3ccccc3c3ccccc32)c(-n2nc3ccccc3n2)c1. The summed E-state index contributed by atoms with van der Waals surface area (Å²) in [7, 11) is 0. The first-order valence-electron chi connectivity index (χ1n) is 9.30. The Morgan fingerprint density at radius 2 is 0.929 bits per heavy atom. The molecule has 0 saturated heterocycles. The number of nitrogens with zero attached hydrogens (tertiary/aromatic N) is 4. The van der Waals surface area contributed by atoms with Crippen molar-refractivity contribution in [2.24, 2.45) is 0 Å². The van der Waals surface area contributed by atoms with Crippen LogP contribution >= 0.6 is 0 Å². The molecule has 0 spiro atoms. The average Bonchev–Trinajstić information content (AvgIpc) is 3.33. The van der Waals surface area contributed by atoms with Gasteiger partial charge in [0.2, 0.25) is 0 Å². The first-order chi connectivity index (χ1) is 13.9. The molecule has 0 aliphatic heterocycles.